The van der Waals surface area contributed by atoms with Gasteiger partial charge in [-0.1, -0.05) is 0 Å². The number of hydrogen-bond acceptors (Lipinski definition) is 3. The maximum atomic E-state index is 12.9. The van der Waals surface area contributed by atoms with E-state index in [1.165, 1.54) is 0 Å². The maximum absolute atomic E-state index is 12.9. The molecule has 0 aromatic heterocycles. The summed E-state index contributed by atoms with van der Waals surface area (Å²) in [5.74, 6) is -4.81. The Morgan fingerprint density at radius 3 is 2.16 bits per heavy atom. The Balaban J connectivity index is 0.00000324. The van der Waals surface area contributed by atoms with Gasteiger partial charge in [-0.25, -0.2) is 26.3 Å². The Hall–Kier alpha value is -0.830. The standard InChI is InChI=1S/C10H13F3N2O2S.ClH/c1-6(14)2-3-15-18(16,17)7-4-8(11)10(13)9(12)5-7;/h4-6,15H,2-3,14H2,1H3;1H. The summed E-state index contributed by atoms with van der Waals surface area (Å²) in [5.41, 5.74) is 5.42. The van der Waals surface area contributed by atoms with E-state index in [4.69, 9.17) is 5.73 Å². The molecule has 9 heteroatoms. The molecule has 0 bridgehead atoms. The third kappa shape index (κ3) is 4.98. The molecule has 0 radical (unpaired) electrons. The van der Waals surface area contributed by atoms with Gasteiger partial charge in [0, 0.05) is 12.6 Å². The van der Waals surface area contributed by atoms with Crippen LogP contribution in [0.4, 0.5) is 13.2 Å². The first-order valence-electron chi connectivity index (χ1n) is 5.14. The first-order valence-corrected chi connectivity index (χ1v) is 6.62. The molecule has 0 spiro atoms. The van der Waals surface area contributed by atoms with E-state index in [1.807, 2.05) is 0 Å². The molecule has 1 aromatic rings. The molecule has 4 nitrogen and oxygen atoms in total. The van der Waals surface area contributed by atoms with Crippen molar-refractivity contribution in [2.45, 2.75) is 24.3 Å². The molecule has 3 N–H and O–H groups in total. The Labute approximate surface area is 115 Å². The van der Waals surface area contributed by atoms with Gasteiger partial charge in [-0.3, -0.25) is 0 Å². The highest BCUT2D eigenvalue weighted by atomic mass is 35.5. The monoisotopic (exact) mass is 318 g/mol. The highest BCUT2D eigenvalue weighted by molar-refractivity contribution is 7.89. The molecular weight excluding hydrogens is 305 g/mol. The molecule has 1 atom stereocenters. The topological polar surface area (TPSA) is 72.2 Å². The minimum Gasteiger partial charge on any atom is -0.328 e. The third-order valence-corrected chi connectivity index (χ3v) is 3.60. The van der Waals surface area contributed by atoms with Gasteiger partial charge in [0.25, 0.3) is 0 Å². The van der Waals surface area contributed by atoms with Crippen molar-refractivity contribution in [1.82, 2.24) is 4.72 Å². The van der Waals surface area contributed by atoms with E-state index >= 15 is 0 Å². The van der Waals surface area contributed by atoms with Crippen LogP contribution in [0.1, 0.15) is 13.3 Å². The van der Waals surface area contributed by atoms with Crippen LogP contribution in [-0.4, -0.2) is 21.0 Å². The van der Waals surface area contributed by atoms with Crippen LogP contribution in [0.5, 0.6) is 0 Å². The lowest BCUT2D eigenvalue weighted by molar-refractivity contribution is 0.442. The summed E-state index contributed by atoms with van der Waals surface area (Å²) >= 11 is 0. The fourth-order valence-corrected chi connectivity index (χ4v) is 2.26. The van der Waals surface area contributed by atoms with E-state index < -0.39 is 32.4 Å². The van der Waals surface area contributed by atoms with E-state index in [-0.39, 0.29) is 25.0 Å². The third-order valence-electron chi connectivity index (χ3n) is 2.16. The van der Waals surface area contributed by atoms with Crippen molar-refractivity contribution in [1.29, 1.82) is 0 Å². The molecule has 0 fully saturated rings. The van der Waals surface area contributed by atoms with Crippen LogP contribution in [0.25, 0.3) is 0 Å². The first kappa shape index (κ1) is 18.2. The van der Waals surface area contributed by atoms with Crippen LogP contribution in [0.3, 0.4) is 0 Å². The fraction of sp³-hybridized carbons (Fsp3) is 0.400. The predicted molar refractivity (Wildman–Crippen MR) is 67.0 cm³/mol. The smallest absolute Gasteiger partial charge is 0.240 e. The quantitative estimate of drug-likeness (QED) is 0.809. The summed E-state index contributed by atoms with van der Waals surface area (Å²) in [6.45, 7) is 1.71. The molecule has 1 aromatic carbocycles. The zero-order valence-electron chi connectivity index (χ0n) is 9.99. The second-order valence-corrected chi connectivity index (χ2v) is 5.63. The number of nitrogens with two attached hydrogens (primary N) is 1. The number of hydrogen-bond donors (Lipinski definition) is 2. The van der Waals surface area contributed by atoms with Crippen LogP contribution < -0.4 is 10.5 Å². The second-order valence-electron chi connectivity index (χ2n) is 3.86. The van der Waals surface area contributed by atoms with Gasteiger partial charge in [-0.05, 0) is 25.5 Å². The van der Waals surface area contributed by atoms with Gasteiger partial charge in [0.1, 0.15) is 0 Å². The number of halogens is 4. The highest BCUT2D eigenvalue weighted by Crippen LogP contribution is 2.17. The lowest BCUT2D eigenvalue weighted by Crippen LogP contribution is -2.29. The van der Waals surface area contributed by atoms with Gasteiger partial charge in [0.2, 0.25) is 10.0 Å². The Morgan fingerprint density at radius 1 is 1.26 bits per heavy atom. The lowest BCUT2D eigenvalue weighted by Gasteiger charge is -2.09. The molecule has 0 aliphatic heterocycles. The average molecular weight is 319 g/mol. The largest absolute Gasteiger partial charge is 0.328 e. The van der Waals surface area contributed by atoms with E-state index in [0.29, 0.717) is 18.6 Å². The summed E-state index contributed by atoms with van der Waals surface area (Å²) in [4.78, 5) is -0.663. The van der Waals surface area contributed by atoms with E-state index in [9.17, 15) is 21.6 Å². The van der Waals surface area contributed by atoms with Gasteiger partial charge in [-0.2, -0.15) is 0 Å². The minimum absolute atomic E-state index is 0. The zero-order chi connectivity index (χ0) is 13.9. The van der Waals surface area contributed by atoms with Crippen molar-refractivity contribution < 1.29 is 21.6 Å². The van der Waals surface area contributed by atoms with Crippen LogP contribution in [-0.2, 0) is 10.0 Å². The summed E-state index contributed by atoms with van der Waals surface area (Å²) in [5, 5.41) is 0. The summed E-state index contributed by atoms with van der Waals surface area (Å²) in [6.07, 6.45) is 0.366. The number of rotatable bonds is 5. The van der Waals surface area contributed by atoms with Crippen LogP contribution >= 0.6 is 12.4 Å². The summed E-state index contributed by atoms with van der Waals surface area (Å²) in [7, 11) is -4.07. The SMILES string of the molecule is CC(N)CCNS(=O)(=O)c1cc(F)c(F)c(F)c1.Cl. The molecule has 1 unspecified atom stereocenters. The van der Waals surface area contributed by atoms with E-state index in [0.717, 1.165) is 0 Å². The van der Waals surface area contributed by atoms with Crippen LogP contribution in [0.15, 0.2) is 17.0 Å². The molecule has 0 aliphatic rings. The Morgan fingerprint density at radius 2 is 1.74 bits per heavy atom. The van der Waals surface area contributed by atoms with Gasteiger partial charge >= 0.3 is 0 Å². The molecule has 0 saturated carbocycles. The molecule has 0 saturated heterocycles. The minimum atomic E-state index is -4.07. The van der Waals surface area contributed by atoms with E-state index in [1.54, 1.807) is 6.92 Å². The van der Waals surface area contributed by atoms with Crippen molar-refractivity contribution in [2.75, 3.05) is 6.54 Å². The first-order chi connectivity index (χ1) is 8.24. The molecule has 0 aliphatic carbocycles. The van der Waals surface area contributed by atoms with Crippen molar-refractivity contribution in [2.24, 2.45) is 5.73 Å². The van der Waals surface area contributed by atoms with E-state index in [2.05, 4.69) is 4.72 Å². The summed E-state index contributed by atoms with van der Waals surface area (Å²) in [6, 6.07) is 0.633. The molecule has 19 heavy (non-hydrogen) atoms. The lowest BCUT2D eigenvalue weighted by atomic mass is 10.3. The van der Waals surface area contributed by atoms with Crippen molar-refractivity contribution in [3.8, 4) is 0 Å². The Kier molecular flexibility index (Phi) is 6.78. The highest BCUT2D eigenvalue weighted by Gasteiger charge is 2.19. The predicted octanol–water partition coefficient (Wildman–Crippen LogP) is 1.54. The zero-order valence-corrected chi connectivity index (χ0v) is 11.6. The van der Waals surface area contributed by atoms with Crippen molar-refractivity contribution in [3.63, 3.8) is 0 Å². The van der Waals surface area contributed by atoms with Crippen molar-refractivity contribution >= 4 is 22.4 Å². The molecular formula is C10H14ClF3N2O2S. The van der Waals surface area contributed by atoms with Gasteiger partial charge in [0.05, 0.1) is 4.90 Å². The summed E-state index contributed by atoms with van der Waals surface area (Å²) < 4.78 is 63.8. The number of sulfonamides is 1. The molecule has 110 valence electrons. The molecule has 0 heterocycles. The van der Waals surface area contributed by atoms with Crippen LogP contribution in [0, 0.1) is 17.5 Å². The molecule has 1 rings (SSSR count). The van der Waals surface area contributed by atoms with Crippen LogP contribution in [0.2, 0.25) is 0 Å². The fourth-order valence-electron chi connectivity index (χ4n) is 1.19. The maximum Gasteiger partial charge on any atom is 0.240 e. The van der Waals surface area contributed by atoms with Gasteiger partial charge in [0.15, 0.2) is 17.5 Å². The normalized spacial score (nSPS) is 12.9. The number of benzene rings is 1. The second kappa shape index (κ2) is 7.09. The Bertz CT molecular complexity index is 515. The number of nitrogens with one attached hydrogen (secondary N) is 1. The average Bonchev–Trinajstić information content (AvgIpc) is 2.24. The van der Waals surface area contributed by atoms with Gasteiger partial charge in [-0.15, -0.1) is 12.4 Å². The van der Waals surface area contributed by atoms with Crippen molar-refractivity contribution in [3.05, 3.63) is 29.6 Å². The molecule has 0 amide bonds. The van der Waals surface area contributed by atoms with Gasteiger partial charge < -0.3 is 5.73 Å².